The fourth-order valence-corrected chi connectivity index (χ4v) is 6.04. The van der Waals surface area contributed by atoms with Gasteiger partial charge in [-0.2, -0.15) is 0 Å². The lowest BCUT2D eigenvalue weighted by atomic mass is 9.92. The average Bonchev–Trinajstić information content (AvgIpc) is 3.54. The number of carbonyl (C=O) groups is 3. The molecule has 2 aromatic heterocycles. The maximum absolute atomic E-state index is 13.1. The van der Waals surface area contributed by atoms with Crippen molar-refractivity contribution in [2.75, 3.05) is 13.1 Å². The number of hydrogen-bond acceptors (Lipinski definition) is 6. The minimum atomic E-state index is -1.03. The molecule has 164 valence electrons. The molecule has 3 heterocycles. The van der Waals surface area contributed by atoms with E-state index in [0.29, 0.717) is 19.4 Å². The van der Waals surface area contributed by atoms with E-state index < -0.39 is 11.6 Å². The van der Waals surface area contributed by atoms with Crippen LogP contribution in [0.1, 0.15) is 27.4 Å². The summed E-state index contributed by atoms with van der Waals surface area (Å²) in [6.45, 7) is 2.14. The lowest BCUT2D eigenvalue weighted by molar-refractivity contribution is -0.135. The number of fused-ring (bicyclic) bond motifs is 2. The van der Waals surface area contributed by atoms with Crippen LogP contribution in [-0.4, -0.2) is 40.8 Å². The summed E-state index contributed by atoms with van der Waals surface area (Å²) in [4.78, 5) is 45.9. The van der Waals surface area contributed by atoms with E-state index >= 15 is 0 Å². The highest BCUT2D eigenvalue weighted by atomic mass is 32.1. The second-order valence-electron chi connectivity index (χ2n) is 8.00. The molecule has 1 spiro atoms. The van der Waals surface area contributed by atoms with Gasteiger partial charge in [-0.25, -0.2) is 9.78 Å². The Kier molecular flexibility index (Phi) is 5.30. The number of nitrogens with zero attached hydrogens (tertiary/aromatic N) is 2. The molecule has 0 bridgehead atoms. The number of benzene rings is 1. The summed E-state index contributed by atoms with van der Waals surface area (Å²) in [5, 5.41) is 8.75. The van der Waals surface area contributed by atoms with Crippen LogP contribution in [0, 0.1) is 6.92 Å². The maximum atomic E-state index is 13.1. The van der Waals surface area contributed by atoms with Crippen molar-refractivity contribution in [2.45, 2.75) is 31.7 Å². The Morgan fingerprint density at radius 1 is 1.25 bits per heavy atom. The summed E-state index contributed by atoms with van der Waals surface area (Å²) in [7, 11) is 0. The molecule has 9 heteroatoms. The molecule has 0 radical (unpaired) electrons. The quantitative estimate of drug-likeness (QED) is 0.546. The van der Waals surface area contributed by atoms with Crippen LogP contribution in [0.4, 0.5) is 4.79 Å². The van der Waals surface area contributed by atoms with Crippen molar-refractivity contribution in [2.24, 2.45) is 0 Å². The number of hydrogen-bond donors (Lipinski definition) is 2. The molecular weight excluding hydrogens is 444 g/mol. The molecule has 0 saturated carbocycles. The predicted molar refractivity (Wildman–Crippen MR) is 124 cm³/mol. The third kappa shape index (κ3) is 3.61. The van der Waals surface area contributed by atoms with Crippen LogP contribution in [0.2, 0.25) is 0 Å². The minimum absolute atomic E-state index is 0.275. The Morgan fingerprint density at radius 3 is 2.91 bits per heavy atom. The Hall–Kier alpha value is -3.04. The van der Waals surface area contributed by atoms with E-state index in [-0.39, 0.29) is 18.4 Å². The number of imide groups is 1. The van der Waals surface area contributed by atoms with E-state index in [0.717, 1.165) is 42.9 Å². The zero-order chi connectivity index (χ0) is 22.3. The van der Waals surface area contributed by atoms with Crippen molar-refractivity contribution >= 4 is 40.5 Å². The zero-order valence-electron chi connectivity index (χ0n) is 17.5. The second kappa shape index (κ2) is 8.14. The number of thiophene rings is 1. The highest BCUT2D eigenvalue weighted by molar-refractivity contribution is 7.16. The number of nitrogens with one attached hydrogen (secondary N) is 2. The topological polar surface area (TPSA) is 91.4 Å². The molecule has 2 N–H and O–H groups in total. The molecule has 1 atom stereocenters. The highest BCUT2D eigenvalue weighted by Crippen LogP contribution is 2.41. The first-order chi connectivity index (χ1) is 15.5. The summed E-state index contributed by atoms with van der Waals surface area (Å²) < 4.78 is 0. The first kappa shape index (κ1) is 20.8. The first-order valence-corrected chi connectivity index (χ1v) is 12.2. The molecular formula is C23H22N4O3S2. The number of thiazole rings is 1. The van der Waals surface area contributed by atoms with Crippen molar-refractivity contribution in [3.05, 3.63) is 62.8 Å². The molecule has 4 amide bonds. The largest absolute Gasteiger partial charge is 0.354 e. The second-order valence-corrected chi connectivity index (χ2v) is 10.2. The van der Waals surface area contributed by atoms with Gasteiger partial charge in [0.25, 0.3) is 5.91 Å². The Morgan fingerprint density at radius 2 is 2.09 bits per heavy atom. The van der Waals surface area contributed by atoms with Crippen molar-refractivity contribution in [3.63, 3.8) is 0 Å². The molecule has 1 aliphatic heterocycles. The smallest absolute Gasteiger partial charge is 0.325 e. The van der Waals surface area contributed by atoms with E-state index in [1.165, 1.54) is 0 Å². The van der Waals surface area contributed by atoms with E-state index in [1.54, 1.807) is 22.7 Å². The van der Waals surface area contributed by atoms with Crippen LogP contribution >= 0.6 is 22.7 Å². The number of aryl methyl sites for hydroxylation is 2. The van der Waals surface area contributed by atoms with Gasteiger partial charge in [-0.15, -0.1) is 22.7 Å². The standard InChI is InChI=1S/C23H22N4O3S2/c1-14-25-18(13-31-14)19-7-6-16(32-19)9-11-24-20(28)12-27-21(29)23(26-22(27)30)10-8-15-4-2-3-5-17(15)23/h2-7,13H,8-12H2,1H3,(H,24,28)(H,26,30). The fourth-order valence-electron chi connectivity index (χ4n) is 4.38. The van der Waals surface area contributed by atoms with Crippen LogP contribution in [0.5, 0.6) is 0 Å². The fraction of sp³-hybridized carbons (Fsp3) is 0.304. The van der Waals surface area contributed by atoms with Gasteiger partial charge in [0, 0.05) is 16.8 Å². The van der Waals surface area contributed by atoms with Crippen molar-refractivity contribution in [3.8, 4) is 10.6 Å². The van der Waals surface area contributed by atoms with Crippen LogP contribution in [0.3, 0.4) is 0 Å². The Labute approximate surface area is 193 Å². The molecule has 2 aliphatic rings. The van der Waals surface area contributed by atoms with Crippen LogP contribution in [0.15, 0.2) is 41.8 Å². The van der Waals surface area contributed by atoms with Gasteiger partial charge in [0.1, 0.15) is 12.1 Å². The predicted octanol–water partition coefficient (Wildman–Crippen LogP) is 3.23. The van der Waals surface area contributed by atoms with Gasteiger partial charge in [0.15, 0.2) is 0 Å². The maximum Gasteiger partial charge on any atom is 0.325 e. The van der Waals surface area contributed by atoms with E-state index in [9.17, 15) is 14.4 Å². The monoisotopic (exact) mass is 466 g/mol. The van der Waals surface area contributed by atoms with Gasteiger partial charge in [-0.05, 0) is 49.4 Å². The number of aromatic nitrogens is 1. The SMILES string of the molecule is Cc1nc(-c2ccc(CCNC(=O)CN3C(=O)NC4(CCc5ccccc54)C3=O)s2)cs1. The molecule has 1 aromatic carbocycles. The molecule has 1 fully saturated rings. The number of carbonyl (C=O) groups excluding carboxylic acids is 3. The van der Waals surface area contributed by atoms with Crippen LogP contribution in [-0.2, 0) is 28.0 Å². The molecule has 1 aliphatic carbocycles. The molecule has 5 rings (SSSR count). The average molecular weight is 467 g/mol. The summed E-state index contributed by atoms with van der Waals surface area (Å²) in [5.74, 6) is -0.687. The third-order valence-electron chi connectivity index (χ3n) is 5.95. The van der Waals surface area contributed by atoms with Gasteiger partial charge in [0.2, 0.25) is 5.91 Å². The Balaban J connectivity index is 1.17. The minimum Gasteiger partial charge on any atom is -0.354 e. The van der Waals surface area contributed by atoms with Gasteiger partial charge in [-0.3, -0.25) is 14.5 Å². The number of amides is 4. The summed E-state index contributed by atoms with van der Waals surface area (Å²) in [6, 6.07) is 11.2. The van der Waals surface area contributed by atoms with Gasteiger partial charge in [0.05, 0.1) is 15.6 Å². The molecule has 7 nitrogen and oxygen atoms in total. The number of rotatable bonds is 6. The van der Waals surface area contributed by atoms with Crippen LogP contribution < -0.4 is 10.6 Å². The van der Waals surface area contributed by atoms with E-state index in [1.807, 2.05) is 48.7 Å². The first-order valence-electron chi connectivity index (χ1n) is 10.5. The van der Waals surface area contributed by atoms with Gasteiger partial charge in [-0.1, -0.05) is 24.3 Å². The molecule has 1 saturated heterocycles. The van der Waals surface area contributed by atoms with Gasteiger partial charge < -0.3 is 10.6 Å². The normalized spacial score (nSPS) is 19.5. The highest BCUT2D eigenvalue weighted by Gasteiger charge is 2.55. The lowest BCUT2D eigenvalue weighted by Gasteiger charge is -2.22. The zero-order valence-corrected chi connectivity index (χ0v) is 19.1. The van der Waals surface area contributed by atoms with Crippen molar-refractivity contribution in [1.82, 2.24) is 20.5 Å². The van der Waals surface area contributed by atoms with Gasteiger partial charge >= 0.3 is 6.03 Å². The lowest BCUT2D eigenvalue weighted by Crippen LogP contribution is -2.44. The van der Waals surface area contributed by atoms with E-state index in [4.69, 9.17) is 0 Å². The van der Waals surface area contributed by atoms with Crippen molar-refractivity contribution in [1.29, 1.82) is 0 Å². The van der Waals surface area contributed by atoms with Crippen LogP contribution in [0.25, 0.3) is 10.6 Å². The Bertz CT molecular complexity index is 1220. The molecule has 3 aromatic rings. The number of urea groups is 1. The molecule has 32 heavy (non-hydrogen) atoms. The summed E-state index contributed by atoms with van der Waals surface area (Å²) in [6.07, 6.45) is 1.93. The van der Waals surface area contributed by atoms with Crippen molar-refractivity contribution < 1.29 is 14.4 Å². The summed E-state index contributed by atoms with van der Waals surface area (Å²) >= 11 is 3.28. The van der Waals surface area contributed by atoms with E-state index in [2.05, 4.69) is 15.6 Å². The summed E-state index contributed by atoms with van der Waals surface area (Å²) in [5.41, 5.74) is 1.85. The third-order valence-corrected chi connectivity index (χ3v) is 7.89. The molecule has 1 unspecified atom stereocenters.